The van der Waals surface area contributed by atoms with Gasteiger partial charge in [0.25, 0.3) is 0 Å². The molecule has 1 N–H and O–H groups in total. The SMILES string of the molecule is COc1cc(N2CCN(C)CC2)c(C)cc1Nc1nc(N(I)c2ccc3nccnc3c2N(C)SC)c2sccc2n1. The molecule has 13 heteroatoms. The number of piperazine rings is 1. The number of rotatable bonds is 8. The number of aromatic nitrogens is 4. The lowest BCUT2D eigenvalue weighted by Gasteiger charge is -2.35. The molecule has 10 nitrogen and oxygen atoms in total. The molecule has 4 heterocycles. The van der Waals surface area contributed by atoms with E-state index in [2.05, 4.69) is 87.5 Å². The zero-order valence-electron chi connectivity index (χ0n) is 24.1. The van der Waals surface area contributed by atoms with Gasteiger partial charge in [-0.2, -0.15) is 4.98 Å². The lowest BCUT2D eigenvalue weighted by atomic mass is 10.1. The number of ether oxygens (including phenoxy) is 1. The second-order valence-electron chi connectivity index (χ2n) is 10.1. The average Bonchev–Trinajstić information content (AvgIpc) is 3.49. The molecule has 42 heavy (non-hydrogen) atoms. The number of hydrogen-bond donors (Lipinski definition) is 1. The van der Waals surface area contributed by atoms with Crippen LogP contribution in [0.3, 0.4) is 0 Å². The minimum atomic E-state index is 0.503. The van der Waals surface area contributed by atoms with Gasteiger partial charge < -0.3 is 24.2 Å². The van der Waals surface area contributed by atoms with E-state index in [9.17, 15) is 0 Å². The van der Waals surface area contributed by atoms with E-state index in [4.69, 9.17) is 14.7 Å². The maximum absolute atomic E-state index is 5.85. The first-order chi connectivity index (χ1) is 20.4. The highest BCUT2D eigenvalue weighted by molar-refractivity contribution is 14.1. The highest BCUT2D eigenvalue weighted by atomic mass is 127. The van der Waals surface area contributed by atoms with Crippen LogP contribution in [0.1, 0.15) is 5.56 Å². The van der Waals surface area contributed by atoms with Crippen molar-refractivity contribution in [3.63, 3.8) is 0 Å². The largest absolute Gasteiger partial charge is 0.494 e. The van der Waals surface area contributed by atoms with Gasteiger partial charge in [0.2, 0.25) is 5.95 Å². The molecule has 0 saturated carbocycles. The van der Waals surface area contributed by atoms with Crippen molar-refractivity contribution >= 4 is 102 Å². The summed E-state index contributed by atoms with van der Waals surface area (Å²) in [5.41, 5.74) is 7.69. The molecular formula is C29H32IN9OS2. The number of benzene rings is 2. The Kier molecular flexibility index (Phi) is 8.43. The number of halogens is 1. The molecule has 0 unspecified atom stereocenters. The predicted octanol–water partition coefficient (Wildman–Crippen LogP) is 6.65. The van der Waals surface area contributed by atoms with Crippen LogP contribution in [0, 0.1) is 6.92 Å². The van der Waals surface area contributed by atoms with Crippen molar-refractivity contribution in [2.24, 2.45) is 0 Å². The Labute approximate surface area is 267 Å². The molecule has 0 atom stereocenters. The van der Waals surface area contributed by atoms with Gasteiger partial charge in [0.05, 0.1) is 62.8 Å². The monoisotopic (exact) mass is 713 g/mol. The fourth-order valence-corrected chi connectivity index (χ4v) is 7.25. The molecule has 5 aromatic rings. The van der Waals surface area contributed by atoms with E-state index in [1.807, 2.05) is 30.8 Å². The Morgan fingerprint density at radius 2 is 1.83 bits per heavy atom. The molecule has 0 aliphatic carbocycles. The molecule has 1 aliphatic heterocycles. The van der Waals surface area contributed by atoms with E-state index in [-0.39, 0.29) is 0 Å². The van der Waals surface area contributed by atoms with Crippen molar-refractivity contribution < 1.29 is 4.74 Å². The van der Waals surface area contributed by atoms with Gasteiger partial charge >= 0.3 is 0 Å². The molecule has 1 aliphatic rings. The van der Waals surface area contributed by atoms with Crippen LogP contribution in [0.15, 0.2) is 48.1 Å². The smallest absolute Gasteiger partial charge is 0.229 e. The summed E-state index contributed by atoms with van der Waals surface area (Å²) in [5, 5.41) is 5.52. The summed E-state index contributed by atoms with van der Waals surface area (Å²) in [6, 6.07) is 10.4. The van der Waals surface area contributed by atoms with Crippen LogP contribution in [0.4, 0.5) is 34.5 Å². The number of fused-ring (bicyclic) bond motifs is 2. The van der Waals surface area contributed by atoms with Gasteiger partial charge in [0.1, 0.15) is 11.3 Å². The van der Waals surface area contributed by atoms with E-state index in [1.165, 1.54) is 11.3 Å². The summed E-state index contributed by atoms with van der Waals surface area (Å²) < 4.78 is 11.0. The number of hydrogen-bond acceptors (Lipinski definition) is 12. The fraction of sp³-hybridized carbons (Fsp3) is 0.310. The third-order valence-electron chi connectivity index (χ3n) is 7.47. The van der Waals surface area contributed by atoms with E-state index in [0.717, 1.165) is 76.1 Å². The maximum atomic E-state index is 5.85. The molecular weight excluding hydrogens is 681 g/mol. The molecule has 1 fully saturated rings. The van der Waals surface area contributed by atoms with Gasteiger partial charge in [-0.15, -0.1) is 11.3 Å². The van der Waals surface area contributed by atoms with Crippen molar-refractivity contribution in [2.45, 2.75) is 6.92 Å². The van der Waals surface area contributed by atoms with E-state index in [1.54, 1.807) is 42.8 Å². The second kappa shape index (κ2) is 12.2. The van der Waals surface area contributed by atoms with Gasteiger partial charge in [-0.1, -0.05) is 11.9 Å². The number of nitrogens with one attached hydrogen (secondary N) is 1. The summed E-state index contributed by atoms with van der Waals surface area (Å²) in [6.45, 7) is 6.22. The first kappa shape index (κ1) is 29.0. The molecule has 6 rings (SSSR count). The van der Waals surface area contributed by atoms with Gasteiger partial charge in [-0.25, -0.2) is 4.98 Å². The highest BCUT2D eigenvalue weighted by Crippen LogP contribution is 2.44. The van der Waals surface area contributed by atoms with Crippen LogP contribution in [-0.4, -0.2) is 78.5 Å². The number of likely N-dealkylation sites (N-methyl/N-ethyl adjacent to an activating group) is 1. The van der Waals surface area contributed by atoms with Gasteiger partial charge in [-0.3, -0.25) is 13.1 Å². The molecule has 0 spiro atoms. The van der Waals surface area contributed by atoms with Crippen LogP contribution < -0.4 is 22.4 Å². The lowest BCUT2D eigenvalue weighted by Crippen LogP contribution is -2.44. The molecule has 0 radical (unpaired) electrons. The third-order valence-corrected chi connectivity index (χ3v) is 10.1. The lowest BCUT2D eigenvalue weighted by molar-refractivity contribution is 0.312. The van der Waals surface area contributed by atoms with Crippen LogP contribution in [0.5, 0.6) is 5.75 Å². The first-order valence-electron chi connectivity index (χ1n) is 13.5. The van der Waals surface area contributed by atoms with E-state index < -0.39 is 0 Å². The normalized spacial score (nSPS) is 14.0. The number of anilines is 6. The molecule has 1 saturated heterocycles. The molecule has 218 valence electrons. The summed E-state index contributed by atoms with van der Waals surface area (Å²) in [7, 11) is 5.91. The molecule has 3 aromatic heterocycles. The zero-order chi connectivity index (χ0) is 29.4. The molecule has 2 aromatic carbocycles. The molecule has 0 bridgehead atoms. The highest BCUT2D eigenvalue weighted by Gasteiger charge is 2.23. The van der Waals surface area contributed by atoms with E-state index >= 15 is 0 Å². The second-order valence-corrected chi connectivity index (χ2v) is 12.9. The van der Waals surface area contributed by atoms with Crippen LogP contribution in [-0.2, 0) is 0 Å². The minimum absolute atomic E-state index is 0.503. The number of thiophene rings is 1. The quantitative estimate of drug-likeness (QED) is 0.107. The average molecular weight is 714 g/mol. The van der Waals surface area contributed by atoms with Crippen molar-refractivity contribution in [2.75, 3.05) is 71.3 Å². The summed E-state index contributed by atoms with van der Waals surface area (Å²) >= 11 is 5.57. The Morgan fingerprint density at radius 1 is 1.05 bits per heavy atom. The van der Waals surface area contributed by atoms with Gasteiger partial charge in [-0.05, 0) is 49.2 Å². The van der Waals surface area contributed by atoms with E-state index in [0.29, 0.717) is 5.95 Å². The summed E-state index contributed by atoms with van der Waals surface area (Å²) in [4.78, 5) is 23.9. The number of aryl methyl sites for hydroxylation is 1. The van der Waals surface area contributed by atoms with Crippen LogP contribution in [0.2, 0.25) is 0 Å². The predicted molar refractivity (Wildman–Crippen MR) is 186 cm³/mol. The Balaban J connectivity index is 1.39. The van der Waals surface area contributed by atoms with Crippen molar-refractivity contribution in [1.29, 1.82) is 0 Å². The fourth-order valence-electron chi connectivity index (χ4n) is 5.17. The summed E-state index contributed by atoms with van der Waals surface area (Å²) in [6.07, 6.45) is 5.50. The first-order valence-corrected chi connectivity index (χ1v) is 16.5. The van der Waals surface area contributed by atoms with Gasteiger partial charge in [0.15, 0.2) is 5.82 Å². The zero-order valence-corrected chi connectivity index (χ0v) is 27.9. The van der Waals surface area contributed by atoms with Crippen molar-refractivity contribution in [3.8, 4) is 5.75 Å². The van der Waals surface area contributed by atoms with Gasteiger partial charge in [0, 0.05) is 63.6 Å². The Hall–Kier alpha value is -3.14. The van der Waals surface area contributed by atoms with Crippen molar-refractivity contribution in [3.05, 3.63) is 53.7 Å². The topological polar surface area (TPSA) is 85.8 Å². The molecule has 0 amide bonds. The Morgan fingerprint density at radius 3 is 2.60 bits per heavy atom. The number of nitrogens with zero attached hydrogens (tertiary/aromatic N) is 8. The standard InChI is InChI=1S/C29H32IN9OS2/c1-18-16-21(24(40-4)17-23(18)38-13-11-36(2)12-14-38)34-29-33-20-8-15-42-27(20)28(35-29)39(30)22-7-6-19-25(32-10-9-31-19)26(22)37(3)41-5/h6-10,15-17H,11-14H2,1-5H3,(H,33,34,35). The van der Waals surface area contributed by atoms with Crippen LogP contribution in [0.25, 0.3) is 21.3 Å². The minimum Gasteiger partial charge on any atom is -0.494 e. The van der Waals surface area contributed by atoms with Crippen LogP contribution >= 0.6 is 46.1 Å². The summed E-state index contributed by atoms with van der Waals surface area (Å²) in [5.74, 6) is 2.05. The van der Waals surface area contributed by atoms with Crippen molar-refractivity contribution in [1.82, 2.24) is 24.8 Å². The maximum Gasteiger partial charge on any atom is 0.229 e. The Bertz CT molecular complexity index is 1740. The number of methoxy groups -OCH3 is 1. The third kappa shape index (κ3) is 5.50.